The highest BCUT2D eigenvalue weighted by Gasteiger charge is 2.36. The number of ether oxygens (including phenoxy) is 1. The Labute approximate surface area is 233 Å². The minimum absolute atomic E-state index is 0.129. The van der Waals surface area contributed by atoms with E-state index in [0.717, 1.165) is 29.7 Å². The average molecular weight is 559 g/mol. The van der Waals surface area contributed by atoms with E-state index in [1.54, 1.807) is 0 Å². The van der Waals surface area contributed by atoms with Crippen molar-refractivity contribution in [2.75, 3.05) is 20.2 Å². The quantitative estimate of drug-likeness (QED) is 0.367. The number of nitrogens with zero attached hydrogens (tertiary/aromatic N) is 1. The van der Waals surface area contributed by atoms with E-state index in [2.05, 4.69) is 16.8 Å². The molecule has 1 aliphatic carbocycles. The molecule has 4 N–H and O–H groups in total. The molecule has 206 valence electrons. The zero-order valence-corrected chi connectivity index (χ0v) is 24.0. The Morgan fingerprint density at radius 3 is 2.74 bits per heavy atom. The molecule has 1 amide bonds. The molecule has 1 aliphatic heterocycles. The first-order chi connectivity index (χ1) is 18.2. The predicted molar refractivity (Wildman–Crippen MR) is 153 cm³/mol. The van der Waals surface area contributed by atoms with Crippen molar-refractivity contribution in [1.29, 1.82) is 0 Å². The van der Waals surface area contributed by atoms with Crippen LogP contribution in [0.1, 0.15) is 63.0 Å². The molecule has 0 bridgehead atoms. The zero-order chi connectivity index (χ0) is 27.3. The number of para-hydroxylation sites is 1. The van der Waals surface area contributed by atoms with Crippen LogP contribution in [0.4, 0.5) is 0 Å². The van der Waals surface area contributed by atoms with E-state index in [1.807, 2.05) is 67.7 Å². The monoisotopic (exact) mass is 558 g/mol. The number of benzene rings is 2. The van der Waals surface area contributed by atoms with Crippen molar-refractivity contribution in [3.05, 3.63) is 70.5 Å². The lowest BCUT2D eigenvalue weighted by Crippen LogP contribution is -2.37. The van der Waals surface area contributed by atoms with Crippen molar-refractivity contribution in [1.82, 2.24) is 14.9 Å². The van der Waals surface area contributed by atoms with Gasteiger partial charge in [0.15, 0.2) is 0 Å². The molecule has 1 saturated carbocycles. The summed E-state index contributed by atoms with van der Waals surface area (Å²) in [5.74, 6) is 0.177. The minimum Gasteiger partial charge on any atom is -0.491 e. The van der Waals surface area contributed by atoms with Crippen LogP contribution < -0.4 is 21.1 Å². The van der Waals surface area contributed by atoms with Crippen LogP contribution in [0.25, 0.3) is 0 Å². The van der Waals surface area contributed by atoms with Gasteiger partial charge in [0, 0.05) is 43.1 Å². The summed E-state index contributed by atoms with van der Waals surface area (Å²) in [6, 6.07) is 13.9. The first-order valence-corrected chi connectivity index (χ1v) is 14.8. The summed E-state index contributed by atoms with van der Waals surface area (Å²) in [6.45, 7) is 5.14. The third kappa shape index (κ3) is 6.53. The van der Waals surface area contributed by atoms with Crippen LogP contribution in [0.2, 0.25) is 5.02 Å². The Morgan fingerprint density at radius 1 is 1.29 bits per heavy atom. The van der Waals surface area contributed by atoms with Gasteiger partial charge in [-0.15, -0.1) is 0 Å². The predicted octanol–water partition coefficient (Wildman–Crippen LogP) is 4.84. The Balaban J connectivity index is 1.57. The molecule has 38 heavy (non-hydrogen) atoms. The molecule has 7 nitrogen and oxygen atoms in total. The second-order valence-electron chi connectivity index (χ2n) is 10.6. The van der Waals surface area contributed by atoms with Gasteiger partial charge in [-0.2, -0.15) is 0 Å². The molecule has 2 aromatic carbocycles. The summed E-state index contributed by atoms with van der Waals surface area (Å²) in [7, 11) is 0.541. The number of halogens is 1. The fourth-order valence-electron chi connectivity index (χ4n) is 4.93. The Kier molecular flexibility index (Phi) is 9.39. The van der Waals surface area contributed by atoms with E-state index in [1.165, 1.54) is 19.3 Å². The van der Waals surface area contributed by atoms with Gasteiger partial charge in [-0.25, -0.2) is 8.51 Å². The van der Waals surface area contributed by atoms with E-state index in [0.29, 0.717) is 41.4 Å². The normalized spacial score (nSPS) is 19.5. The maximum Gasteiger partial charge on any atom is 0.223 e. The number of carbonyl (C=O) groups is 1. The van der Waals surface area contributed by atoms with E-state index < -0.39 is 16.4 Å². The molecule has 0 spiro atoms. The summed E-state index contributed by atoms with van der Waals surface area (Å²) in [6.07, 6.45) is 7.25. The number of allylic oxidation sites excluding steroid dienone is 1. The van der Waals surface area contributed by atoms with Crippen LogP contribution in [-0.2, 0) is 22.3 Å². The minimum atomic E-state index is -1.38. The number of amides is 1. The number of nitrogens with one attached hydrogen (secondary N) is 2. The summed E-state index contributed by atoms with van der Waals surface area (Å²) in [5, 5.41) is 7.39. The molecule has 2 atom stereocenters. The molecule has 9 heteroatoms. The highest BCUT2D eigenvalue weighted by Crippen LogP contribution is 2.41. The van der Waals surface area contributed by atoms with Gasteiger partial charge in [-0.1, -0.05) is 49.7 Å². The summed E-state index contributed by atoms with van der Waals surface area (Å²) >= 11 is 6.65. The highest BCUT2D eigenvalue weighted by atomic mass is 35.5. The Morgan fingerprint density at radius 2 is 2.05 bits per heavy atom. The molecule has 0 saturated heterocycles. The molecule has 1 fully saturated rings. The maximum atomic E-state index is 13.4. The second kappa shape index (κ2) is 12.5. The summed E-state index contributed by atoms with van der Waals surface area (Å²) < 4.78 is 21.1. The zero-order valence-electron chi connectivity index (χ0n) is 22.5. The lowest BCUT2D eigenvalue weighted by atomic mass is 9.71. The standard InChI is InChI=1S/C29H39ClN4O3S/c1-29(2,28(31)35)24(13-12-23(32-3)18-33-22-7-6-8-22)20-11-14-25(30)21(17-20)19-34-15-16-37-26-9-4-5-10-27(26)38(34)36/h4-5,9-11,14,17-18,22,24,32-33H,6-8,12-13,15-16,19H2,1-3H3,(H2,31,35)/b23-18-. The highest BCUT2D eigenvalue weighted by molar-refractivity contribution is 7.82. The number of primary amides is 1. The van der Waals surface area contributed by atoms with Gasteiger partial charge in [0.1, 0.15) is 23.3 Å². The Hall–Kier alpha value is -2.55. The second-order valence-corrected chi connectivity index (χ2v) is 12.5. The number of hydrogen-bond donors (Lipinski definition) is 3. The van der Waals surface area contributed by atoms with Crippen LogP contribution in [0.15, 0.2) is 59.3 Å². The fraction of sp³-hybridized carbons (Fsp3) is 0.483. The van der Waals surface area contributed by atoms with Crippen molar-refractivity contribution in [2.24, 2.45) is 11.1 Å². The van der Waals surface area contributed by atoms with Gasteiger partial charge >= 0.3 is 0 Å². The van der Waals surface area contributed by atoms with E-state index in [4.69, 9.17) is 22.1 Å². The maximum absolute atomic E-state index is 13.4. The molecule has 2 aliphatic rings. The van der Waals surface area contributed by atoms with Crippen molar-refractivity contribution >= 4 is 28.5 Å². The lowest BCUT2D eigenvalue weighted by Gasteiger charge is -2.33. The molecule has 2 unspecified atom stereocenters. The van der Waals surface area contributed by atoms with Gasteiger partial charge in [0.05, 0.1) is 10.3 Å². The van der Waals surface area contributed by atoms with Crippen molar-refractivity contribution in [3.63, 3.8) is 0 Å². The number of rotatable bonds is 11. The van der Waals surface area contributed by atoms with E-state index in [9.17, 15) is 9.00 Å². The molecule has 0 aromatic heterocycles. The van der Waals surface area contributed by atoms with Crippen LogP contribution in [0.3, 0.4) is 0 Å². The lowest BCUT2D eigenvalue weighted by molar-refractivity contribution is -0.127. The largest absolute Gasteiger partial charge is 0.491 e. The van der Waals surface area contributed by atoms with Gasteiger partial charge in [0.2, 0.25) is 5.91 Å². The topological polar surface area (TPSA) is 96.7 Å². The molecule has 0 radical (unpaired) electrons. The molecule has 1 heterocycles. The molecular formula is C29H39ClN4O3S. The van der Waals surface area contributed by atoms with Gasteiger partial charge in [0.25, 0.3) is 0 Å². The fourth-order valence-corrected chi connectivity index (χ4v) is 6.38. The molecule has 2 aromatic rings. The number of fused-ring (bicyclic) bond motifs is 1. The SMILES string of the molecule is CN/C(=C\NC1CCC1)CCC(c1ccc(Cl)c(CN2CCOc3ccccc3S2=O)c1)C(C)(C)C(N)=O. The van der Waals surface area contributed by atoms with Crippen molar-refractivity contribution in [2.45, 2.75) is 69.4 Å². The molecular weight excluding hydrogens is 520 g/mol. The summed E-state index contributed by atoms with van der Waals surface area (Å²) in [4.78, 5) is 13.2. The first-order valence-electron chi connectivity index (χ1n) is 13.3. The third-order valence-corrected chi connectivity index (χ3v) is 9.68. The Bertz CT molecular complexity index is 1200. The number of hydrogen-bond acceptors (Lipinski definition) is 5. The van der Waals surface area contributed by atoms with Crippen LogP contribution in [-0.4, -0.2) is 40.7 Å². The average Bonchev–Trinajstić information content (AvgIpc) is 3.02. The third-order valence-electron chi connectivity index (χ3n) is 7.82. The van der Waals surface area contributed by atoms with Crippen molar-refractivity contribution < 1.29 is 13.7 Å². The van der Waals surface area contributed by atoms with Gasteiger partial charge in [-0.3, -0.25) is 4.79 Å². The first kappa shape index (κ1) is 28.5. The molecule has 4 rings (SSSR count). The van der Waals surface area contributed by atoms with Gasteiger partial charge in [-0.05, 0) is 67.3 Å². The van der Waals surface area contributed by atoms with Crippen LogP contribution in [0.5, 0.6) is 5.75 Å². The van der Waals surface area contributed by atoms with E-state index >= 15 is 0 Å². The number of nitrogens with two attached hydrogens (primary N) is 1. The van der Waals surface area contributed by atoms with Crippen molar-refractivity contribution in [3.8, 4) is 5.75 Å². The number of carbonyl (C=O) groups excluding carboxylic acids is 1. The smallest absolute Gasteiger partial charge is 0.223 e. The summed E-state index contributed by atoms with van der Waals surface area (Å²) in [5.41, 5.74) is 8.07. The van der Waals surface area contributed by atoms with Crippen LogP contribution >= 0.6 is 11.6 Å². The van der Waals surface area contributed by atoms with Gasteiger partial charge < -0.3 is 21.1 Å². The van der Waals surface area contributed by atoms with Crippen LogP contribution in [0, 0.1) is 5.41 Å². The van der Waals surface area contributed by atoms with E-state index in [-0.39, 0.29) is 11.8 Å².